The average Bonchev–Trinajstić information content (AvgIpc) is 2.40. The van der Waals surface area contributed by atoms with Crippen LogP contribution in [0.3, 0.4) is 0 Å². The van der Waals surface area contributed by atoms with Crippen molar-refractivity contribution in [3.8, 4) is 0 Å². The van der Waals surface area contributed by atoms with E-state index >= 15 is 0 Å². The molecule has 0 aliphatic carbocycles. The highest BCUT2D eigenvalue weighted by Crippen LogP contribution is 2.21. The third-order valence-corrected chi connectivity index (χ3v) is 5.67. The molecular formula is C14H30O5Si. The molecule has 20 heavy (non-hydrogen) atoms. The normalized spacial score (nSPS) is 13.2. The van der Waals surface area contributed by atoms with Crippen LogP contribution in [0.1, 0.15) is 41.5 Å². The van der Waals surface area contributed by atoms with E-state index in [9.17, 15) is 0 Å². The summed E-state index contributed by atoms with van der Waals surface area (Å²) in [5, 5.41) is 0.926. The van der Waals surface area contributed by atoms with Crippen LogP contribution in [-0.2, 0) is 22.8 Å². The van der Waals surface area contributed by atoms with Crippen molar-refractivity contribution >= 4 is 8.80 Å². The third kappa shape index (κ3) is 6.47. The summed E-state index contributed by atoms with van der Waals surface area (Å²) in [7, 11) is -2.82. The van der Waals surface area contributed by atoms with E-state index in [4.69, 9.17) is 22.8 Å². The molecule has 0 amide bonds. The first-order valence-electron chi connectivity index (χ1n) is 7.43. The van der Waals surface area contributed by atoms with E-state index in [1.54, 1.807) is 0 Å². The minimum atomic E-state index is -2.82. The fraction of sp³-hybridized carbons (Fsp3) is 0.857. The van der Waals surface area contributed by atoms with Crippen molar-refractivity contribution < 1.29 is 22.8 Å². The molecule has 0 unspecified atom stereocenters. The highest BCUT2D eigenvalue weighted by molar-refractivity contribution is 6.68. The highest BCUT2D eigenvalue weighted by Gasteiger charge is 2.43. The summed E-state index contributed by atoms with van der Waals surface area (Å²) in [6, 6.07) is 0. The molecule has 120 valence electrons. The molecule has 0 fully saturated rings. The Labute approximate surface area is 124 Å². The summed E-state index contributed by atoms with van der Waals surface area (Å²) in [6.07, 6.45) is 1.51. The van der Waals surface area contributed by atoms with Crippen molar-refractivity contribution in [2.24, 2.45) is 0 Å². The lowest BCUT2D eigenvalue weighted by atomic mass is 10.5. The predicted octanol–water partition coefficient (Wildman–Crippen LogP) is 2.92. The lowest BCUT2D eigenvalue weighted by molar-refractivity contribution is -0.104. The van der Waals surface area contributed by atoms with Crippen LogP contribution in [0, 0.1) is 0 Å². The molecular weight excluding hydrogens is 276 g/mol. The quantitative estimate of drug-likeness (QED) is 0.410. The predicted molar refractivity (Wildman–Crippen MR) is 81.4 cm³/mol. The Morgan fingerprint density at radius 3 is 1.50 bits per heavy atom. The van der Waals surface area contributed by atoms with E-state index in [2.05, 4.69) is 0 Å². The van der Waals surface area contributed by atoms with Gasteiger partial charge in [-0.25, -0.2) is 0 Å². The summed E-state index contributed by atoms with van der Waals surface area (Å²) in [5.41, 5.74) is 0. The first kappa shape index (κ1) is 19.8. The maximum Gasteiger partial charge on any atom is 0.532 e. The molecule has 0 aromatic rings. The van der Waals surface area contributed by atoms with Crippen LogP contribution in [0.15, 0.2) is 11.3 Å². The number of allylic oxidation sites excluding steroid dienone is 1. The summed E-state index contributed by atoms with van der Waals surface area (Å²) < 4.78 is 28.6. The zero-order chi connectivity index (χ0) is 15.4. The third-order valence-electron chi connectivity index (χ3n) is 2.53. The van der Waals surface area contributed by atoms with Gasteiger partial charge in [0.25, 0.3) is 0 Å². The van der Waals surface area contributed by atoms with Gasteiger partial charge in [0, 0.05) is 33.0 Å². The standard InChI is InChI=1S/C14H30O5Si/c1-7-15-14(16-8-2)12-13(6)20(17-9-3,18-10-4)19-11-5/h12,14H,7-11H2,1-6H3/b13-12+. The van der Waals surface area contributed by atoms with Gasteiger partial charge in [0.15, 0.2) is 6.29 Å². The monoisotopic (exact) mass is 306 g/mol. The zero-order valence-electron chi connectivity index (χ0n) is 13.7. The van der Waals surface area contributed by atoms with Gasteiger partial charge in [0.05, 0.1) is 0 Å². The van der Waals surface area contributed by atoms with Crippen molar-refractivity contribution in [1.29, 1.82) is 0 Å². The Morgan fingerprint density at radius 1 is 0.800 bits per heavy atom. The van der Waals surface area contributed by atoms with E-state index in [0.717, 1.165) is 5.20 Å². The largest absolute Gasteiger partial charge is 0.532 e. The van der Waals surface area contributed by atoms with E-state index in [1.807, 2.05) is 47.6 Å². The van der Waals surface area contributed by atoms with Crippen molar-refractivity contribution in [3.63, 3.8) is 0 Å². The molecule has 0 heterocycles. The topological polar surface area (TPSA) is 46.2 Å². The zero-order valence-corrected chi connectivity index (χ0v) is 14.7. The molecule has 0 aromatic carbocycles. The van der Waals surface area contributed by atoms with Gasteiger partial charge >= 0.3 is 8.80 Å². The van der Waals surface area contributed by atoms with Crippen molar-refractivity contribution in [2.75, 3.05) is 33.0 Å². The summed E-state index contributed by atoms with van der Waals surface area (Å²) in [4.78, 5) is 0. The van der Waals surface area contributed by atoms with Crippen LogP contribution in [0.4, 0.5) is 0 Å². The lowest BCUT2D eigenvalue weighted by Crippen LogP contribution is -2.48. The SMILES string of the molecule is CCOC(/C=C(\C)[Si](OCC)(OCC)OCC)OCC. The van der Waals surface area contributed by atoms with Gasteiger partial charge in [0.2, 0.25) is 0 Å². The lowest BCUT2D eigenvalue weighted by Gasteiger charge is -2.29. The number of hydrogen-bond donors (Lipinski definition) is 0. The maximum absolute atomic E-state index is 5.84. The minimum absolute atomic E-state index is 0.391. The van der Waals surface area contributed by atoms with Crippen molar-refractivity contribution in [3.05, 3.63) is 11.3 Å². The van der Waals surface area contributed by atoms with Crippen LogP contribution in [-0.4, -0.2) is 48.1 Å². The van der Waals surface area contributed by atoms with E-state index in [0.29, 0.717) is 33.0 Å². The molecule has 6 heteroatoms. The molecule has 0 aromatic heterocycles. The molecule has 5 nitrogen and oxygen atoms in total. The van der Waals surface area contributed by atoms with Gasteiger partial charge in [-0.3, -0.25) is 0 Å². The Balaban J connectivity index is 5.17. The molecule has 0 bridgehead atoms. The van der Waals surface area contributed by atoms with Gasteiger partial charge in [-0.1, -0.05) is 0 Å². The second kappa shape index (κ2) is 11.4. The summed E-state index contributed by atoms with van der Waals surface area (Å²) in [5.74, 6) is 0. The Hall–Kier alpha value is -0.243. The van der Waals surface area contributed by atoms with Gasteiger partial charge in [-0.2, -0.15) is 0 Å². The van der Waals surface area contributed by atoms with Crippen LogP contribution < -0.4 is 0 Å². The van der Waals surface area contributed by atoms with E-state index in [1.165, 1.54) is 0 Å². The van der Waals surface area contributed by atoms with Crippen molar-refractivity contribution in [1.82, 2.24) is 0 Å². The molecule has 0 atom stereocenters. The second-order valence-electron chi connectivity index (χ2n) is 3.98. The molecule has 0 saturated heterocycles. The molecule has 0 spiro atoms. The smallest absolute Gasteiger partial charge is 0.371 e. The number of ether oxygens (including phenoxy) is 2. The second-order valence-corrected chi connectivity index (χ2v) is 6.75. The number of rotatable bonds is 12. The van der Waals surface area contributed by atoms with Crippen LogP contribution >= 0.6 is 0 Å². The van der Waals surface area contributed by atoms with Gasteiger partial charge in [0.1, 0.15) is 0 Å². The minimum Gasteiger partial charge on any atom is -0.371 e. The van der Waals surface area contributed by atoms with E-state index < -0.39 is 15.1 Å². The Kier molecular flexibility index (Phi) is 11.3. The maximum atomic E-state index is 5.84. The fourth-order valence-corrected chi connectivity index (χ4v) is 4.23. The van der Waals surface area contributed by atoms with Gasteiger partial charge < -0.3 is 22.8 Å². The van der Waals surface area contributed by atoms with Crippen LogP contribution in [0.25, 0.3) is 0 Å². The molecule has 0 N–H and O–H groups in total. The summed E-state index contributed by atoms with van der Waals surface area (Å²) >= 11 is 0. The first-order valence-corrected chi connectivity index (χ1v) is 9.16. The van der Waals surface area contributed by atoms with Crippen LogP contribution in [0.5, 0.6) is 0 Å². The first-order chi connectivity index (χ1) is 9.60. The van der Waals surface area contributed by atoms with Crippen molar-refractivity contribution in [2.45, 2.75) is 47.8 Å². The van der Waals surface area contributed by atoms with Crippen LogP contribution in [0.2, 0.25) is 0 Å². The van der Waals surface area contributed by atoms with E-state index in [-0.39, 0.29) is 0 Å². The summed E-state index contributed by atoms with van der Waals surface area (Å²) in [6.45, 7) is 14.5. The molecule has 0 rings (SSSR count). The average molecular weight is 306 g/mol. The molecule has 0 aliphatic rings. The molecule has 0 aliphatic heterocycles. The Bertz CT molecular complexity index is 247. The highest BCUT2D eigenvalue weighted by atomic mass is 28.4. The van der Waals surface area contributed by atoms with Gasteiger partial charge in [-0.05, 0) is 52.8 Å². The van der Waals surface area contributed by atoms with Gasteiger partial charge in [-0.15, -0.1) is 0 Å². The Morgan fingerprint density at radius 2 is 1.20 bits per heavy atom. The molecule has 0 radical (unpaired) electrons. The molecule has 0 saturated carbocycles. The fourth-order valence-electron chi connectivity index (χ4n) is 1.82. The number of hydrogen-bond acceptors (Lipinski definition) is 5.